The zero-order valence-electron chi connectivity index (χ0n) is 15.5. The maximum atomic E-state index is 12.5. The number of nitrogens with zero attached hydrogens (tertiary/aromatic N) is 1. The molecule has 3 rings (SSSR count). The Bertz CT molecular complexity index is 1060. The summed E-state index contributed by atoms with van der Waals surface area (Å²) in [5, 5.41) is 6.00. The molecule has 2 aromatic carbocycles. The maximum Gasteiger partial charge on any atom is 0.341 e. The van der Waals surface area contributed by atoms with Crippen molar-refractivity contribution >= 4 is 34.1 Å². The molecule has 146 valence electrons. The highest BCUT2D eigenvalue weighted by molar-refractivity contribution is 7.82. The molecule has 28 heavy (non-hydrogen) atoms. The van der Waals surface area contributed by atoms with Gasteiger partial charge in [-0.1, -0.05) is 12.1 Å². The van der Waals surface area contributed by atoms with E-state index in [0.717, 1.165) is 5.56 Å². The molecule has 1 aromatic heterocycles. The molecule has 0 aliphatic rings. The summed E-state index contributed by atoms with van der Waals surface area (Å²) in [4.78, 5) is 24.9. The number of rotatable bonds is 7. The third kappa shape index (κ3) is 3.69. The van der Waals surface area contributed by atoms with Gasteiger partial charge in [0, 0.05) is 18.0 Å². The van der Waals surface area contributed by atoms with Gasteiger partial charge in [0.2, 0.25) is 0 Å². The second kappa shape index (κ2) is 8.37. The smallest absolute Gasteiger partial charge is 0.341 e. The fourth-order valence-corrected chi connectivity index (χ4v) is 3.50. The Balaban J connectivity index is 2.17. The second-order valence-corrected chi connectivity index (χ2v) is 7.08. The van der Waals surface area contributed by atoms with Crippen molar-refractivity contribution < 1.29 is 23.3 Å². The Hall–Kier alpha value is -2.97. The summed E-state index contributed by atoms with van der Waals surface area (Å²) in [5.41, 5.74) is 1.99. The minimum absolute atomic E-state index is 0.206. The van der Waals surface area contributed by atoms with Crippen molar-refractivity contribution in [3.8, 4) is 5.75 Å². The lowest BCUT2D eigenvalue weighted by Crippen LogP contribution is -2.10. The number of benzene rings is 2. The van der Waals surface area contributed by atoms with Gasteiger partial charge in [-0.3, -0.25) is 4.79 Å². The van der Waals surface area contributed by atoms with E-state index >= 15 is 0 Å². The van der Waals surface area contributed by atoms with Crippen LogP contribution in [0.4, 0.5) is 0 Å². The van der Waals surface area contributed by atoms with Gasteiger partial charge in [0.15, 0.2) is 6.29 Å². The van der Waals surface area contributed by atoms with Crippen LogP contribution in [0.25, 0.3) is 10.9 Å². The molecule has 0 saturated heterocycles. The van der Waals surface area contributed by atoms with Crippen molar-refractivity contribution in [2.75, 3.05) is 13.7 Å². The number of aromatic nitrogens is 1. The molecule has 0 amide bonds. The van der Waals surface area contributed by atoms with Gasteiger partial charge in [0.1, 0.15) is 16.7 Å². The van der Waals surface area contributed by atoms with Gasteiger partial charge in [-0.25, -0.2) is 14.1 Å². The fraction of sp³-hybridized carbons (Fsp3) is 0.200. The first kappa shape index (κ1) is 19.8. The Morgan fingerprint density at radius 2 is 1.93 bits per heavy atom. The number of aldehydes is 1. The molecule has 0 aliphatic carbocycles. The van der Waals surface area contributed by atoms with E-state index in [2.05, 4.69) is 0 Å². The van der Waals surface area contributed by atoms with Crippen molar-refractivity contribution in [2.24, 2.45) is 5.14 Å². The number of hydrogen-bond acceptors (Lipinski definition) is 5. The Kier molecular flexibility index (Phi) is 5.91. The first-order valence-electron chi connectivity index (χ1n) is 8.57. The minimum Gasteiger partial charge on any atom is -0.497 e. The predicted octanol–water partition coefficient (Wildman–Crippen LogP) is 2.67. The van der Waals surface area contributed by atoms with E-state index in [4.69, 9.17) is 14.6 Å². The third-order valence-electron chi connectivity index (χ3n) is 4.40. The lowest BCUT2D eigenvalue weighted by Gasteiger charge is -2.09. The van der Waals surface area contributed by atoms with Crippen LogP contribution < -0.4 is 9.88 Å². The Morgan fingerprint density at radius 1 is 1.21 bits per heavy atom. The number of hydrogen-bond donors (Lipinski definition) is 1. The quantitative estimate of drug-likeness (QED) is 0.485. The molecule has 0 fully saturated rings. The van der Waals surface area contributed by atoms with E-state index in [1.54, 1.807) is 61.1 Å². The van der Waals surface area contributed by atoms with E-state index < -0.39 is 17.0 Å². The van der Waals surface area contributed by atoms with Gasteiger partial charge < -0.3 is 14.0 Å². The Labute approximate surface area is 164 Å². The normalized spacial score (nSPS) is 12.0. The summed E-state index contributed by atoms with van der Waals surface area (Å²) in [7, 11) is -0.0129. The average molecular weight is 400 g/mol. The molecule has 0 bridgehead atoms. The molecular formula is C20H20N2O5S. The van der Waals surface area contributed by atoms with Crippen LogP contribution in [0, 0.1) is 0 Å². The molecule has 1 atom stereocenters. The van der Waals surface area contributed by atoms with Crippen LogP contribution in [0.2, 0.25) is 0 Å². The zero-order chi connectivity index (χ0) is 20.3. The molecule has 0 aliphatic heterocycles. The SMILES string of the molecule is CCOC(=O)c1c(C=O)n(Cc2ccc(S(N)=O)cc2)c2cc(OC)ccc12. The molecule has 7 nitrogen and oxygen atoms in total. The molecule has 2 N–H and O–H groups in total. The third-order valence-corrected chi connectivity index (χ3v) is 5.14. The summed E-state index contributed by atoms with van der Waals surface area (Å²) in [6, 6.07) is 12.2. The first-order chi connectivity index (χ1) is 13.5. The van der Waals surface area contributed by atoms with Crippen LogP contribution in [-0.4, -0.2) is 34.7 Å². The van der Waals surface area contributed by atoms with Crippen molar-refractivity contribution in [1.29, 1.82) is 0 Å². The molecule has 0 radical (unpaired) electrons. The van der Waals surface area contributed by atoms with E-state index in [-0.39, 0.29) is 17.9 Å². The van der Waals surface area contributed by atoms with Gasteiger partial charge in [0.05, 0.1) is 35.4 Å². The van der Waals surface area contributed by atoms with Gasteiger partial charge in [-0.15, -0.1) is 0 Å². The van der Waals surface area contributed by atoms with Crippen molar-refractivity contribution in [1.82, 2.24) is 4.57 Å². The monoisotopic (exact) mass is 400 g/mol. The zero-order valence-corrected chi connectivity index (χ0v) is 16.3. The van der Waals surface area contributed by atoms with Crippen LogP contribution in [0.15, 0.2) is 47.4 Å². The van der Waals surface area contributed by atoms with E-state index in [1.807, 2.05) is 0 Å². The number of nitrogens with two attached hydrogens (primary N) is 1. The number of fused-ring (bicyclic) bond motifs is 1. The first-order valence-corrected chi connectivity index (χ1v) is 9.79. The number of carbonyl (C=O) groups excluding carboxylic acids is 2. The predicted molar refractivity (Wildman–Crippen MR) is 106 cm³/mol. The molecular weight excluding hydrogens is 380 g/mol. The van der Waals surface area contributed by atoms with E-state index in [0.29, 0.717) is 34.4 Å². The highest BCUT2D eigenvalue weighted by Crippen LogP contribution is 2.30. The van der Waals surface area contributed by atoms with Gasteiger partial charge in [-0.2, -0.15) is 0 Å². The lowest BCUT2D eigenvalue weighted by molar-refractivity contribution is 0.0526. The standard InChI is InChI=1S/C20H20N2O5S/c1-3-27-20(24)19-16-9-6-14(26-2)10-17(16)22(18(19)12-23)11-13-4-7-15(8-5-13)28(21)25/h4-10,12H,3,11,21H2,1-2H3. The van der Waals surface area contributed by atoms with Crippen molar-refractivity contribution in [3.63, 3.8) is 0 Å². The highest BCUT2D eigenvalue weighted by Gasteiger charge is 2.24. The topological polar surface area (TPSA) is 101 Å². The second-order valence-electron chi connectivity index (χ2n) is 6.01. The minimum atomic E-state index is -1.56. The maximum absolute atomic E-state index is 12.5. The van der Waals surface area contributed by atoms with Gasteiger partial charge >= 0.3 is 5.97 Å². The van der Waals surface area contributed by atoms with Crippen LogP contribution >= 0.6 is 0 Å². The van der Waals surface area contributed by atoms with Gasteiger partial charge in [0.25, 0.3) is 0 Å². The number of ether oxygens (including phenoxy) is 2. The van der Waals surface area contributed by atoms with Gasteiger partial charge in [-0.05, 0) is 36.8 Å². The number of carbonyl (C=O) groups is 2. The number of methoxy groups -OCH3 is 1. The summed E-state index contributed by atoms with van der Waals surface area (Å²) >= 11 is 0. The van der Waals surface area contributed by atoms with E-state index in [9.17, 15) is 13.8 Å². The molecule has 1 unspecified atom stereocenters. The van der Waals surface area contributed by atoms with Crippen LogP contribution in [0.1, 0.15) is 33.3 Å². The summed E-state index contributed by atoms with van der Waals surface area (Å²) in [5.74, 6) is 0.0559. The fourth-order valence-electron chi connectivity index (χ4n) is 3.10. The van der Waals surface area contributed by atoms with Crippen LogP contribution in [0.5, 0.6) is 5.75 Å². The number of esters is 1. The van der Waals surface area contributed by atoms with Crippen LogP contribution in [-0.2, 0) is 22.3 Å². The largest absolute Gasteiger partial charge is 0.497 e. The molecule has 1 heterocycles. The van der Waals surface area contributed by atoms with Crippen molar-refractivity contribution in [3.05, 3.63) is 59.3 Å². The molecule has 8 heteroatoms. The summed E-state index contributed by atoms with van der Waals surface area (Å²) in [6.07, 6.45) is 0.655. The summed E-state index contributed by atoms with van der Waals surface area (Å²) in [6.45, 7) is 2.25. The average Bonchev–Trinajstić information content (AvgIpc) is 3.01. The highest BCUT2D eigenvalue weighted by atomic mass is 32.2. The Morgan fingerprint density at radius 3 is 2.50 bits per heavy atom. The van der Waals surface area contributed by atoms with Crippen molar-refractivity contribution in [2.45, 2.75) is 18.4 Å². The lowest BCUT2D eigenvalue weighted by atomic mass is 10.1. The van der Waals surface area contributed by atoms with E-state index in [1.165, 1.54) is 0 Å². The molecule has 3 aromatic rings. The van der Waals surface area contributed by atoms with Crippen LogP contribution in [0.3, 0.4) is 0 Å². The molecule has 0 spiro atoms. The molecule has 0 saturated carbocycles. The summed E-state index contributed by atoms with van der Waals surface area (Å²) < 4.78 is 23.6.